The molecule has 2 rings (SSSR count). The number of carbonyl (C=O) groups excluding carboxylic acids is 1. The topological polar surface area (TPSA) is 78.4 Å². The van der Waals surface area contributed by atoms with Crippen molar-refractivity contribution in [3.05, 3.63) is 29.8 Å². The molecule has 1 aromatic rings. The van der Waals surface area contributed by atoms with Gasteiger partial charge in [-0.05, 0) is 50.0 Å². The summed E-state index contributed by atoms with van der Waals surface area (Å²) in [7, 11) is 0. The van der Waals surface area contributed by atoms with E-state index in [4.69, 9.17) is 5.11 Å². The standard InChI is InChI=1S/C16H22N2O3/c1-16(2,12-6-4-8-17-10-12)15(21)18-13-7-3-5-11(9-13)14(19)20/h3,5,7,9,12,17H,4,6,8,10H2,1-2H3,(H,18,21)(H,19,20). The maximum absolute atomic E-state index is 12.5. The van der Waals surface area contributed by atoms with Crippen LogP contribution in [0, 0.1) is 11.3 Å². The lowest BCUT2D eigenvalue weighted by atomic mass is 9.74. The third-order valence-corrected chi connectivity index (χ3v) is 4.27. The van der Waals surface area contributed by atoms with Gasteiger partial charge in [0, 0.05) is 11.1 Å². The molecule has 0 saturated carbocycles. The number of rotatable bonds is 4. The number of carboxylic acid groups (broad SMARTS) is 1. The fourth-order valence-corrected chi connectivity index (χ4v) is 2.68. The minimum absolute atomic E-state index is 0.0706. The lowest BCUT2D eigenvalue weighted by Crippen LogP contribution is -2.44. The van der Waals surface area contributed by atoms with Gasteiger partial charge in [-0.1, -0.05) is 19.9 Å². The number of anilines is 1. The van der Waals surface area contributed by atoms with Crippen LogP contribution in [0.4, 0.5) is 5.69 Å². The molecule has 1 aromatic carbocycles. The summed E-state index contributed by atoms with van der Waals surface area (Å²) in [5.41, 5.74) is 0.203. The highest BCUT2D eigenvalue weighted by Gasteiger charge is 2.37. The molecule has 114 valence electrons. The Morgan fingerprint density at radius 3 is 2.76 bits per heavy atom. The van der Waals surface area contributed by atoms with Gasteiger partial charge in [-0.2, -0.15) is 0 Å². The highest BCUT2D eigenvalue weighted by atomic mass is 16.4. The van der Waals surface area contributed by atoms with Gasteiger partial charge in [-0.3, -0.25) is 4.79 Å². The van der Waals surface area contributed by atoms with Crippen molar-refractivity contribution >= 4 is 17.6 Å². The molecule has 3 N–H and O–H groups in total. The number of aromatic carboxylic acids is 1. The van der Waals surface area contributed by atoms with Gasteiger partial charge in [0.15, 0.2) is 0 Å². The van der Waals surface area contributed by atoms with Crippen LogP contribution in [0.3, 0.4) is 0 Å². The van der Waals surface area contributed by atoms with Crippen LogP contribution in [0.2, 0.25) is 0 Å². The molecule has 21 heavy (non-hydrogen) atoms. The zero-order valence-electron chi connectivity index (χ0n) is 12.5. The van der Waals surface area contributed by atoms with Gasteiger partial charge in [-0.15, -0.1) is 0 Å². The van der Waals surface area contributed by atoms with Gasteiger partial charge in [0.25, 0.3) is 0 Å². The summed E-state index contributed by atoms with van der Waals surface area (Å²) in [5, 5.41) is 15.2. The molecule has 1 fully saturated rings. The molecule has 1 atom stereocenters. The van der Waals surface area contributed by atoms with E-state index in [0.29, 0.717) is 5.69 Å². The molecule has 1 heterocycles. The normalized spacial score (nSPS) is 19.0. The molecule has 1 saturated heterocycles. The number of carbonyl (C=O) groups is 2. The van der Waals surface area contributed by atoms with Crippen LogP contribution in [-0.2, 0) is 4.79 Å². The third-order valence-electron chi connectivity index (χ3n) is 4.27. The van der Waals surface area contributed by atoms with Crippen LogP contribution in [0.15, 0.2) is 24.3 Å². The quantitative estimate of drug-likeness (QED) is 0.795. The molecule has 5 heteroatoms. The fourth-order valence-electron chi connectivity index (χ4n) is 2.68. The van der Waals surface area contributed by atoms with Gasteiger partial charge in [0.05, 0.1) is 5.56 Å². The van der Waals surface area contributed by atoms with E-state index >= 15 is 0 Å². The minimum atomic E-state index is -0.998. The first-order valence-electron chi connectivity index (χ1n) is 7.27. The van der Waals surface area contributed by atoms with E-state index in [9.17, 15) is 9.59 Å². The number of nitrogens with one attached hydrogen (secondary N) is 2. The van der Waals surface area contributed by atoms with Crippen molar-refractivity contribution in [2.75, 3.05) is 18.4 Å². The van der Waals surface area contributed by atoms with E-state index in [0.717, 1.165) is 25.9 Å². The van der Waals surface area contributed by atoms with Gasteiger partial charge >= 0.3 is 5.97 Å². The summed E-state index contributed by atoms with van der Waals surface area (Å²) in [6, 6.07) is 6.33. The molecule has 0 aliphatic carbocycles. The lowest BCUT2D eigenvalue weighted by Gasteiger charge is -2.36. The highest BCUT2D eigenvalue weighted by molar-refractivity contribution is 5.96. The fraction of sp³-hybridized carbons (Fsp3) is 0.500. The first kappa shape index (κ1) is 15.5. The monoisotopic (exact) mass is 290 g/mol. The first-order valence-corrected chi connectivity index (χ1v) is 7.27. The number of carboxylic acids is 1. The van der Waals surface area contributed by atoms with Crippen LogP contribution >= 0.6 is 0 Å². The average molecular weight is 290 g/mol. The van der Waals surface area contributed by atoms with Crippen molar-refractivity contribution in [1.82, 2.24) is 5.32 Å². The molecular weight excluding hydrogens is 268 g/mol. The average Bonchev–Trinajstić information content (AvgIpc) is 2.48. The smallest absolute Gasteiger partial charge is 0.335 e. The highest BCUT2D eigenvalue weighted by Crippen LogP contribution is 2.33. The maximum Gasteiger partial charge on any atom is 0.335 e. The van der Waals surface area contributed by atoms with E-state index in [-0.39, 0.29) is 17.4 Å². The van der Waals surface area contributed by atoms with Crippen molar-refractivity contribution < 1.29 is 14.7 Å². The van der Waals surface area contributed by atoms with Crippen molar-refractivity contribution in [3.8, 4) is 0 Å². The summed E-state index contributed by atoms with van der Waals surface area (Å²) in [4.78, 5) is 23.5. The van der Waals surface area contributed by atoms with Crippen LogP contribution in [0.25, 0.3) is 0 Å². The van der Waals surface area contributed by atoms with Crippen LogP contribution in [0.5, 0.6) is 0 Å². The molecule has 1 unspecified atom stereocenters. The Hall–Kier alpha value is -1.88. The molecule has 1 aliphatic rings. The Balaban J connectivity index is 2.09. The zero-order chi connectivity index (χ0) is 15.5. The number of hydrogen-bond donors (Lipinski definition) is 3. The second kappa shape index (κ2) is 6.26. The number of benzene rings is 1. The Labute approximate surface area is 124 Å². The minimum Gasteiger partial charge on any atom is -0.478 e. The molecule has 1 aliphatic heterocycles. The van der Waals surface area contributed by atoms with E-state index in [1.54, 1.807) is 12.1 Å². The lowest BCUT2D eigenvalue weighted by molar-refractivity contribution is -0.127. The Kier molecular flexibility index (Phi) is 4.63. The van der Waals surface area contributed by atoms with Crippen LogP contribution in [0.1, 0.15) is 37.0 Å². The Morgan fingerprint density at radius 1 is 1.38 bits per heavy atom. The van der Waals surface area contributed by atoms with Gasteiger partial charge in [-0.25, -0.2) is 4.79 Å². The van der Waals surface area contributed by atoms with E-state index in [2.05, 4.69) is 10.6 Å². The molecule has 0 spiro atoms. The maximum atomic E-state index is 12.5. The summed E-state index contributed by atoms with van der Waals surface area (Å²) >= 11 is 0. The second-order valence-electron chi connectivity index (χ2n) is 6.11. The van der Waals surface area contributed by atoms with E-state index in [1.165, 1.54) is 12.1 Å². The number of piperidine rings is 1. The molecule has 1 amide bonds. The van der Waals surface area contributed by atoms with Crippen molar-refractivity contribution in [1.29, 1.82) is 0 Å². The molecule has 5 nitrogen and oxygen atoms in total. The molecular formula is C16H22N2O3. The first-order chi connectivity index (χ1) is 9.91. The summed E-state index contributed by atoms with van der Waals surface area (Å²) < 4.78 is 0. The molecule has 0 bridgehead atoms. The van der Waals surface area contributed by atoms with Gasteiger partial charge < -0.3 is 15.7 Å². The molecule has 0 aromatic heterocycles. The van der Waals surface area contributed by atoms with Gasteiger partial charge in [0.2, 0.25) is 5.91 Å². The summed E-state index contributed by atoms with van der Waals surface area (Å²) in [6.07, 6.45) is 2.11. The third kappa shape index (κ3) is 3.61. The Morgan fingerprint density at radius 2 is 2.14 bits per heavy atom. The van der Waals surface area contributed by atoms with Crippen molar-refractivity contribution in [2.45, 2.75) is 26.7 Å². The van der Waals surface area contributed by atoms with Crippen LogP contribution in [-0.4, -0.2) is 30.1 Å². The number of hydrogen-bond acceptors (Lipinski definition) is 3. The largest absolute Gasteiger partial charge is 0.478 e. The molecule has 0 radical (unpaired) electrons. The van der Waals surface area contributed by atoms with Crippen molar-refractivity contribution in [3.63, 3.8) is 0 Å². The number of amides is 1. The van der Waals surface area contributed by atoms with E-state index in [1.807, 2.05) is 13.8 Å². The zero-order valence-corrected chi connectivity index (χ0v) is 12.5. The predicted octanol–water partition coefficient (Wildman–Crippen LogP) is 2.35. The van der Waals surface area contributed by atoms with Crippen LogP contribution < -0.4 is 10.6 Å². The summed E-state index contributed by atoms with van der Waals surface area (Å²) in [5.74, 6) is -0.783. The SMILES string of the molecule is CC(C)(C(=O)Nc1cccc(C(=O)O)c1)C1CCCNC1. The van der Waals surface area contributed by atoms with E-state index < -0.39 is 11.4 Å². The Bertz CT molecular complexity index is 534. The second-order valence-corrected chi connectivity index (χ2v) is 6.11. The summed E-state index contributed by atoms with van der Waals surface area (Å²) in [6.45, 7) is 5.74. The van der Waals surface area contributed by atoms with Crippen molar-refractivity contribution in [2.24, 2.45) is 11.3 Å². The van der Waals surface area contributed by atoms with Gasteiger partial charge in [0.1, 0.15) is 0 Å². The predicted molar refractivity (Wildman–Crippen MR) is 81.4 cm³/mol.